The summed E-state index contributed by atoms with van der Waals surface area (Å²) in [4.78, 5) is 25.8. The standard InChI is InChI=1S/C27H28N2O2/c1-3-4-8-21-15-17-23(18-16-21)26(30)29-25(19-22-13-11-20(2)12-14-22)27(31)28-24-9-6-5-7-10-24/h5-7,9-19H,3-4,8H2,1-2H3,(H,28,31)(H,29,30)/b25-19-. The van der Waals surface area contributed by atoms with Crippen LogP contribution in [0.4, 0.5) is 5.69 Å². The lowest BCUT2D eigenvalue weighted by Gasteiger charge is -2.12. The number of hydrogen-bond acceptors (Lipinski definition) is 2. The summed E-state index contributed by atoms with van der Waals surface area (Å²) in [5, 5.41) is 5.63. The first kappa shape index (κ1) is 22.0. The molecule has 4 nitrogen and oxygen atoms in total. The number of benzene rings is 3. The predicted octanol–water partition coefficient (Wildman–Crippen LogP) is 5.75. The molecule has 0 aliphatic heterocycles. The molecule has 0 fully saturated rings. The van der Waals surface area contributed by atoms with E-state index in [0.29, 0.717) is 11.3 Å². The van der Waals surface area contributed by atoms with Gasteiger partial charge >= 0.3 is 0 Å². The first-order valence-corrected chi connectivity index (χ1v) is 10.6. The molecule has 0 bridgehead atoms. The van der Waals surface area contributed by atoms with E-state index >= 15 is 0 Å². The number of anilines is 1. The number of carbonyl (C=O) groups excluding carboxylic acids is 2. The second-order valence-corrected chi connectivity index (χ2v) is 7.54. The van der Waals surface area contributed by atoms with Crippen molar-refractivity contribution in [2.24, 2.45) is 0 Å². The summed E-state index contributed by atoms with van der Waals surface area (Å²) < 4.78 is 0. The minimum atomic E-state index is -0.375. The number of carbonyl (C=O) groups is 2. The van der Waals surface area contributed by atoms with Crippen LogP contribution in [0.1, 0.15) is 46.8 Å². The Kier molecular flexibility index (Phi) is 7.77. The third-order valence-corrected chi connectivity index (χ3v) is 4.95. The minimum Gasteiger partial charge on any atom is -0.321 e. The van der Waals surface area contributed by atoms with Gasteiger partial charge in [-0.1, -0.05) is 73.5 Å². The van der Waals surface area contributed by atoms with E-state index in [-0.39, 0.29) is 17.5 Å². The first-order chi connectivity index (χ1) is 15.0. The van der Waals surface area contributed by atoms with E-state index in [1.54, 1.807) is 30.3 Å². The van der Waals surface area contributed by atoms with Gasteiger partial charge in [-0.15, -0.1) is 0 Å². The van der Waals surface area contributed by atoms with E-state index < -0.39 is 0 Å². The van der Waals surface area contributed by atoms with Crippen molar-refractivity contribution in [3.05, 3.63) is 107 Å². The van der Waals surface area contributed by atoms with Gasteiger partial charge in [0.2, 0.25) is 0 Å². The Hall–Kier alpha value is -3.66. The fraction of sp³-hybridized carbons (Fsp3) is 0.185. The van der Waals surface area contributed by atoms with Crippen LogP contribution in [0.5, 0.6) is 0 Å². The summed E-state index contributed by atoms with van der Waals surface area (Å²) in [7, 11) is 0. The molecule has 158 valence electrons. The summed E-state index contributed by atoms with van der Waals surface area (Å²) in [6, 6.07) is 24.5. The van der Waals surface area contributed by atoms with Gasteiger partial charge < -0.3 is 10.6 Å². The molecule has 3 aromatic rings. The molecule has 0 aliphatic carbocycles. The Labute approximate surface area is 184 Å². The Balaban J connectivity index is 1.80. The number of para-hydroxylation sites is 1. The van der Waals surface area contributed by atoms with E-state index in [0.717, 1.165) is 30.4 Å². The van der Waals surface area contributed by atoms with Crippen LogP contribution in [0, 0.1) is 6.92 Å². The third kappa shape index (κ3) is 6.68. The fourth-order valence-corrected chi connectivity index (χ4v) is 3.11. The van der Waals surface area contributed by atoms with Crippen LogP contribution in [0.2, 0.25) is 0 Å². The molecule has 0 saturated heterocycles. The Morgan fingerprint density at radius 3 is 2.19 bits per heavy atom. The van der Waals surface area contributed by atoms with Crippen LogP contribution >= 0.6 is 0 Å². The quantitative estimate of drug-likeness (QED) is 0.463. The number of amides is 2. The van der Waals surface area contributed by atoms with Crippen LogP contribution < -0.4 is 10.6 Å². The van der Waals surface area contributed by atoms with Crippen molar-refractivity contribution in [3.63, 3.8) is 0 Å². The van der Waals surface area contributed by atoms with Gasteiger partial charge in [-0.05, 0) is 61.2 Å². The van der Waals surface area contributed by atoms with Gasteiger partial charge in [0.15, 0.2) is 0 Å². The highest BCUT2D eigenvalue weighted by molar-refractivity contribution is 6.10. The molecule has 0 unspecified atom stereocenters. The van der Waals surface area contributed by atoms with Crippen molar-refractivity contribution < 1.29 is 9.59 Å². The summed E-state index contributed by atoms with van der Waals surface area (Å²) in [5.74, 6) is -0.691. The molecule has 0 heterocycles. The van der Waals surface area contributed by atoms with E-state index in [9.17, 15) is 9.59 Å². The summed E-state index contributed by atoms with van der Waals surface area (Å²) >= 11 is 0. The number of rotatable bonds is 8. The van der Waals surface area contributed by atoms with Gasteiger partial charge in [0.05, 0.1) is 0 Å². The molecular formula is C27H28N2O2. The number of hydrogen-bond donors (Lipinski definition) is 2. The van der Waals surface area contributed by atoms with Crippen LogP contribution in [-0.4, -0.2) is 11.8 Å². The zero-order valence-corrected chi connectivity index (χ0v) is 18.0. The number of nitrogens with one attached hydrogen (secondary N) is 2. The summed E-state index contributed by atoms with van der Waals surface area (Å²) in [5.41, 5.74) is 4.53. The lowest BCUT2D eigenvalue weighted by molar-refractivity contribution is -0.113. The highest BCUT2D eigenvalue weighted by Crippen LogP contribution is 2.13. The van der Waals surface area contributed by atoms with Crippen LogP contribution in [0.25, 0.3) is 6.08 Å². The molecule has 3 aromatic carbocycles. The molecule has 2 amide bonds. The highest BCUT2D eigenvalue weighted by atomic mass is 16.2. The molecule has 4 heteroatoms. The summed E-state index contributed by atoms with van der Waals surface area (Å²) in [6.07, 6.45) is 4.93. The molecule has 0 aromatic heterocycles. The zero-order chi connectivity index (χ0) is 22.1. The smallest absolute Gasteiger partial charge is 0.272 e. The second-order valence-electron chi connectivity index (χ2n) is 7.54. The molecule has 0 saturated carbocycles. The average molecular weight is 413 g/mol. The SMILES string of the molecule is CCCCc1ccc(C(=O)N/C(=C\c2ccc(C)cc2)C(=O)Nc2ccccc2)cc1. The van der Waals surface area contributed by atoms with Crippen LogP contribution in [-0.2, 0) is 11.2 Å². The van der Waals surface area contributed by atoms with Gasteiger partial charge in [-0.3, -0.25) is 9.59 Å². The molecule has 31 heavy (non-hydrogen) atoms. The molecular weight excluding hydrogens is 384 g/mol. The highest BCUT2D eigenvalue weighted by Gasteiger charge is 2.15. The van der Waals surface area contributed by atoms with E-state index in [1.807, 2.05) is 61.5 Å². The predicted molar refractivity (Wildman–Crippen MR) is 127 cm³/mol. The van der Waals surface area contributed by atoms with Gasteiger partial charge in [0, 0.05) is 11.3 Å². The van der Waals surface area contributed by atoms with Crippen molar-refractivity contribution >= 4 is 23.6 Å². The first-order valence-electron chi connectivity index (χ1n) is 10.6. The average Bonchev–Trinajstić information content (AvgIpc) is 2.79. The Morgan fingerprint density at radius 1 is 0.871 bits per heavy atom. The summed E-state index contributed by atoms with van der Waals surface area (Å²) in [6.45, 7) is 4.16. The van der Waals surface area contributed by atoms with E-state index in [1.165, 1.54) is 5.56 Å². The van der Waals surface area contributed by atoms with Crippen molar-refractivity contribution in [2.75, 3.05) is 5.32 Å². The molecule has 2 N–H and O–H groups in total. The minimum absolute atomic E-state index is 0.188. The van der Waals surface area contributed by atoms with Gasteiger partial charge in [-0.25, -0.2) is 0 Å². The van der Waals surface area contributed by atoms with Gasteiger partial charge in [0.25, 0.3) is 11.8 Å². The Bertz CT molecular complexity index is 1040. The topological polar surface area (TPSA) is 58.2 Å². The zero-order valence-electron chi connectivity index (χ0n) is 18.0. The molecule has 3 rings (SSSR count). The third-order valence-electron chi connectivity index (χ3n) is 4.95. The molecule has 0 spiro atoms. The van der Waals surface area contributed by atoms with Gasteiger partial charge in [-0.2, -0.15) is 0 Å². The maximum absolute atomic E-state index is 12.9. The van der Waals surface area contributed by atoms with Crippen molar-refractivity contribution in [3.8, 4) is 0 Å². The van der Waals surface area contributed by atoms with Crippen molar-refractivity contribution in [1.82, 2.24) is 5.32 Å². The van der Waals surface area contributed by atoms with Gasteiger partial charge in [0.1, 0.15) is 5.70 Å². The maximum atomic E-state index is 12.9. The lowest BCUT2D eigenvalue weighted by atomic mass is 10.1. The fourth-order valence-electron chi connectivity index (χ4n) is 3.11. The molecule has 0 aliphatic rings. The Morgan fingerprint density at radius 2 is 1.55 bits per heavy atom. The van der Waals surface area contributed by atoms with Crippen molar-refractivity contribution in [1.29, 1.82) is 0 Å². The number of unbranched alkanes of at least 4 members (excludes halogenated alkanes) is 1. The largest absolute Gasteiger partial charge is 0.321 e. The lowest BCUT2D eigenvalue weighted by Crippen LogP contribution is -2.30. The number of aryl methyl sites for hydroxylation is 2. The normalized spacial score (nSPS) is 11.1. The van der Waals surface area contributed by atoms with E-state index in [4.69, 9.17) is 0 Å². The second kappa shape index (κ2) is 10.9. The monoisotopic (exact) mass is 412 g/mol. The van der Waals surface area contributed by atoms with Crippen molar-refractivity contribution in [2.45, 2.75) is 33.1 Å². The van der Waals surface area contributed by atoms with Crippen LogP contribution in [0.3, 0.4) is 0 Å². The maximum Gasteiger partial charge on any atom is 0.272 e. The van der Waals surface area contributed by atoms with Crippen LogP contribution in [0.15, 0.2) is 84.6 Å². The molecule has 0 radical (unpaired) electrons. The van der Waals surface area contributed by atoms with E-state index in [2.05, 4.69) is 17.6 Å². The molecule has 0 atom stereocenters.